The molecule has 1 fully saturated rings. The molecule has 60 valence electrons. The minimum atomic E-state index is 0.617. The molecule has 0 unspecified atom stereocenters. The first-order valence-corrected chi connectivity index (χ1v) is 4.98. The summed E-state index contributed by atoms with van der Waals surface area (Å²) in [5.41, 5.74) is 0. The van der Waals surface area contributed by atoms with Crippen LogP contribution in [0.5, 0.6) is 0 Å². The first-order valence-electron chi connectivity index (χ1n) is 3.72. The summed E-state index contributed by atoms with van der Waals surface area (Å²) in [6.07, 6.45) is 3.89. The number of hydrogen-bond acceptors (Lipinski definition) is 3. The van der Waals surface area contributed by atoms with Crippen LogP contribution in [0.4, 0.5) is 5.82 Å². The lowest BCUT2D eigenvalue weighted by atomic mass is 9.93. The van der Waals surface area contributed by atoms with Gasteiger partial charge in [0.25, 0.3) is 0 Å². The molecule has 1 aliphatic rings. The molecule has 1 saturated carbocycles. The number of nitrogens with one attached hydrogen (secondary N) is 1. The van der Waals surface area contributed by atoms with Gasteiger partial charge in [0.2, 0.25) is 0 Å². The highest BCUT2D eigenvalue weighted by Gasteiger charge is 2.17. The number of hydrogen-bond donors (Lipinski definition) is 1. The van der Waals surface area contributed by atoms with Gasteiger partial charge in [-0.1, -0.05) is 11.6 Å². The molecule has 1 aliphatic carbocycles. The van der Waals surface area contributed by atoms with Gasteiger partial charge in [-0.25, -0.2) is 4.98 Å². The predicted molar refractivity (Wildman–Crippen MR) is 48.4 cm³/mol. The van der Waals surface area contributed by atoms with E-state index in [-0.39, 0.29) is 0 Å². The molecule has 0 saturated heterocycles. The zero-order valence-corrected chi connectivity index (χ0v) is 7.58. The average molecular weight is 189 g/mol. The Morgan fingerprint density at radius 3 is 2.91 bits per heavy atom. The molecule has 1 heterocycles. The van der Waals surface area contributed by atoms with Gasteiger partial charge in [0.1, 0.15) is 5.82 Å². The normalized spacial score (nSPS) is 17.9. The highest BCUT2D eigenvalue weighted by Crippen LogP contribution is 2.25. The third-order valence-electron chi connectivity index (χ3n) is 1.93. The highest BCUT2D eigenvalue weighted by molar-refractivity contribution is 7.14. The molecule has 2 rings (SSSR count). The van der Waals surface area contributed by atoms with E-state index >= 15 is 0 Å². The van der Waals surface area contributed by atoms with Crippen LogP contribution in [0.3, 0.4) is 0 Å². The van der Waals surface area contributed by atoms with Gasteiger partial charge in [0, 0.05) is 11.4 Å². The van der Waals surface area contributed by atoms with Crippen molar-refractivity contribution in [2.24, 2.45) is 0 Å². The zero-order chi connectivity index (χ0) is 7.68. The molecule has 1 aromatic rings. The van der Waals surface area contributed by atoms with Crippen molar-refractivity contribution in [1.29, 1.82) is 0 Å². The summed E-state index contributed by atoms with van der Waals surface area (Å²) in [5.74, 6) is 0.935. The first-order chi connectivity index (χ1) is 5.34. The minimum Gasteiger partial charge on any atom is -0.367 e. The van der Waals surface area contributed by atoms with Crippen LogP contribution >= 0.6 is 22.9 Å². The summed E-state index contributed by atoms with van der Waals surface area (Å²) in [4.78, 5) is 4.11. The van der Waals surface area contributed by atoms with E-state index in [0.29, 0.717) is 10.5 Å². The Labute approximate surface area is 74.6 Å². The number of anilines is 1. The van der Waals surface area contributed by atoms with Gasteiger partial charge in [-0.05, 0) is 19.3 Å². The van der Waals surface area contributed by atoms with Gasteiger partial charge in [0.15, 0.2) is 4.47 Å². The van der Waals surface area contributed by atoms with E-state index in [0.717, 1.165) is 5.82 Å². The fourth-order valence-corrected chi connectivity index (χ4v) is 1.79. The summed E-state index contributed by atoms with van der Waals surface area (Å²) in [5, 5.41) is 5.27. The molecule has 2 nitrogen and oxygen atoms in total. The molecular weight excluding hydrogens is 180 g/mol. The van der Waals surface area contributed by atoms with Gasteiger partial charge in [0.05, 0.1) is 0 Å². The van der Waals surface area contributed by atoms with Gasteiger partial charge < -0.3 is 5.32 Å². The topological polar surface area (TPSA) is 24.9 Å². The summed E-state index contributed by atoms with van der Waals surface area (Å²) >= 11 is 7.15. The Bertz CT molecular complexity index is 244. The number of rotatable bonds is 2. The SMILES string of the molecule is Clc1nc(NC2CCC2)cs1. The maximum Gasteiger partial charge on any atom is 0.185 e. The van der Waals surface area contributed by atoms with Crippen LogP contribution in [0.25, 0.3) is 0 Å². The zero-order valence-electron chi connectivity index (χ0n) is 6.01. The summed E-state index contributed by atoms with van der Waals surface area (Å²) < 4.78 is 0.617. The second kappa shape index (κ2) is 2.99. The fourth-order valence-electron chi connectivity index (χ4n) is 1.08. The van der Waals surface area contributed by atoms with Gasteiger partial charge in [-0.3, -0.25) is 0 Å². The molecule has 0 atom stereocenters. The van der Waals surface area contributed by atoms with Crippen LogP contribution in [0, 0.1) is 0 Å². The van der Waals surface area contributed by atoms with E-state index in [1.807, 2.05) is 5.38 Å². The number of aromatic nitrogens is 1. The van der Waals surface area contributed by atoms with E-state index < -0.39 is 0 Å². The standard InChI is InChI=1S/C7H9ClN2S/c8-7-10-6(4-11-7)9-5-2-1-3-5/h4-5,9H,1-3H2. The van der Waals surface area contributed by atoms with Crippen LogP contribution in [-0.4, -0.2) is 11.0 Å². The van der Waals surface area contributed by atoms with E-state index in [2.05, 4.69) is 10.3 Å². The van der Waals surface area contributed by atoms with E-state index in [9.17, 15) is 0 Å². The summed E-state index contributed by atoms with van der Waals surface area (Å²) in [7, 11) is 0. The van der Waals surface area contributed by atoms with Crippen molar-refractivity contribution in [3.05, 3.63) is 9.85 Å². The van der Waals surface area contributed by atoms with Gasteiger partial charge >= 0.3 is 0 Å². The third-order valence-corrected chi connectivity index (χ3v) is 2.91. The van der Waals surface area contributed by atoms with Crippen molar-refractivity contribution in [2.75, 3.05) is 5.32 Å². The molecule has 0 aliphatic heterocycles. The van der Waals surface area contributed by atoms with Crippen molar-refractivity contribution in [2.45, 2.75) is 25.3 Å². The quantitative estimate of drug-likeness (QED) is 0.772. The predicted octanol–water partition coefficient (Wildman–Crippen LogP) is 2.76. The van der Waals surface area contributed by atoms with Crippen LogP contribution in [0.15, 0.2) is 5.38 Å². The molecule has 0 radical (unpaired) electrons. The maximum atomic E-state index is 5.67. The van der Waals surface area contributed by atoms with E-state index in [1.54, 1.807) is 0 Å². The minimum absolute atomic E-state index is 0.617. The number of halogens is 1. The first kappa shape index (κ1) is 7.37. The molecule has 0 aromatic carbocycles. The van der Waals surface area contributed by atoms with E-state index in [4.69, 9.17) is 11.6 Å². The largest absolute Gasteiger partial charge is 0.367 e. The van der Waals surface area contributed by atoms with Crippen molar-refractivity contribution < 1.29 is 0 Å². The molecule has 1 N–H and O–H groups in total. The lowest BCUT2D eigenvalue weighted by molar-refractivity contribution is 0.444. The molecule has 1 aromatic heterocycles. The van der Waals surface area contributed by atoms with Crippen molar-refractivity contribution >= 4 is 28.8 Å². The van der Waals surface area contributed by atoms with Crippen molar-refractivity contribution in [3.63, 3.8) is 0 Å². The molecule has 0 amide bonds. The summed E-state index contributed by atoms with van der Waals surface area (Å²) in [6, 6.07) is 0.646. The molecule has 0 spiro atoms. The Kier molecular flexibility index (Phi) is 2.00. The maximum absolute atomic E-state index is 5.67. The Morgan fingerprint density at radius 2 is 2.45 bits per heavy atom. The lowest BCUT2D eigenvalue weighted by Gasteiger charge is -2.26. The van der Waals surface area contributed by atoms with Crippen LogP contribution in [0.2, 0.25) is 4.47 Å². The smallest absolute Gasteiger partial charge is 0.185 e. The van der Waals surface area contributed by atoms with Gasteiger partial charge in [-0.15, -0.1) is 11.3 Å². The van der Waals surface area contributed by atoms with Crippen LogP contribution in [-0.2, 0) is 0 Å². The second-order valence-electron chi connectivity index (χ2n) is 2.76. The lowest BCUT2D eigenvalue weighted by Crippen LogP contribution is -2.26. The van der Waals surface area contributed by atoms with Crippen molar-refractivity contribution in [1.82, 2.24) is 4.98 Å². The second-order valence-corrected chi connectivity index (χ2v) is 4.20. The fraction of sp³-hybridized carbons (Fsp3) is 0.571. The molecular formula is C7H9ClN2S. The third kappa shape index (κ3) is 1.65. The van der Waals surface area contributed by atoms with Gasteiger partial charge in [-0.2, -0.15) is 0 Å². The Hall–Kier alpha value is -0.280. The van der Waals surface area contributed by atoms with Crippen LogP contribution < -0.4 is 5.32 Å². The van der Waals surface area contributed by atoms with Crippen LogP contribution in [0.1, 0.15) is 19.3 Å². The molecule has 0 bridgehead atoms. The molecule has 11 heavy (non-hydrogen) atoms. The Balaban J connectivity index is 1.95. The Morgan fingerprint density at radius 1 is 1.64 bits per heavy atom. The molecule has 4 heteroatoms. The average Bonchev–Trinajstić information content (AvgIpc) is 2.27. The highest BCUT2D eigenvalue weighted by atomic mass is 35.5. The van der Waals surface area contributed by atoms with E-state index in [1.165, 1.54) is 30.6 Å². The van der Waals surface area contributed by atoms with Crippen molar-refractivity contribution in [3.8, 4) is 0 Å². The summed E-state index contributed by atoms with van der Waals surface area (Å²) in [6.45, 7) is 0. The number of thiazole rings is 1. The number of nitrogens with zero attached hydrogens (tertiary/aromatic N) is 1. The monoisotopic (exact) mass is 188 g/mol.